The van der Waals surface area contributed by atoms with E-state index in [0.717, 1.165) is 28.7 Å². The quantitative estimate of drug-likeness (QED) is 0.552. The van der Waals surface area contributed by atoms with Gasteiger partial charge in [-0.2, -0.15) is 0 Å². The lowest BCUT2D eigenvalue weighted by atomic mass is 9.99. The highest BCUT2D eigenvalue weighted by Gasteiger charge is 2.44. The van der Waals surface area contributed by atoms with E-state index in [2.05, 4.69) is 26.9 Å². The first-order chi connectivity index (χ1) is 12.1. The molecular weight excluding hydrogens is 401 g/mol. The van der Waals surface area contributed by atoms with Gasteiger partial charge in [-0.3, -0.25) is 4.57 Å². The Balaban J connectivity index is 2.15. The molecule has 134 valence electrons. The van der Waals surface area contributed by atoms with Crippen LogP contribution in [0.15, 0.2) is 53.0 Å². The van der Waals surface area contributed by atoms with Crippen LogP contribution in [0, 0.1) is 0 Å². The Kier molecular flexibility index (Phi) is 6.00. The summed E-state index contributed by atoms with van der Waals surface area (Å²) in [6.07, 6.45) is 0.895. The molecule has 0 saturated heterocycles. The van der Waals surface area contributed by atoms with E-state index in [4.69, 9.17) is 9.05 Å². The van der Waals surface area contributed by atoms with Gasteiger partial charge in [-0.25, -0.2) is 0 Å². The van der Waals surface area contributed by atoms with E-state index in [-0.39, 0.29) is 0 Å². The molecule has 4 nitrogen and oxygen atoms in total. The number of hydrogen-bond acceptors (Lipinski definition) is 4. The maximum absolute atomic E-state index is 13.7. The molecule has 0 amide bonds. The molecule has 3 rings (SSSR count). The molecule has 0 aromatic heterocycles. The summed E-state index contributed by atoms with van der Waals surface area (Å²) < 4.78 is 26.2. The van der Waals surface area contributed by atoms with Gasteiger partial charge in [-0.15, -0.1) is 0 Å². The summed E-state index contributed by atoms with van der Waals surface area (Å²) in [5.41, 5.74) is 3.23. The lowest BCUT2D eigenvalue weighted by molar-refractivity contribution is 0.210. The maximum Gasteiger partial charge on any atom is 0.357 e. The van der Waals surface area contributed by atoms with Gasteiger partial charge in [-0.05, 0) is 59.5 Å². The Labute approximate surface area is 157 Å². The van der Waals surface area contributed by atoms with Crippen molar-refractivity contribution >= 4 is 29.2 Å². The topological polar surface area (TPSA) is 38.8 Å². The van der Waals surface area contributed by atoms with Crippen molar-refractivity contribution in [2.24, 2.45) is 0 Å². The van der Waals surface area contributed by atoms with Gasteiger partial charge in [0.2, 0.25) is 0 Å². The van der Waals surface area contributed by atoms with Gasteiger partial charge >= 0.3 is 7.60 Å². The minimum absolute atomic E-state index is 0.347. The predicted octanol–water partition coefficient (Wildman–Crippen LogP) is 5.78. The fraction of sp³-hybridized carbons (Fsp3) is 0.368. The SMILES string of the molecule is CCOP(=O)(OCC)C1c2ccccc2CCN1c1ccccc1Br. The molecule has 2 aromatic carbocycles. The van der Waals surface area contributed by atoms with Gasteiger partial charge in [0, 0.05) is 11.0 Å². The van der Waals surface area contributed by atoms with Crippen LogP contribution in [0.5, 0.6) is 0 Å². The van der Waals surface area contributed by atoms with E-state index >= 15 is 0 Å². The Morgan fingerprint density at radius 3 is 2.40 bits per heavy atom. The first-order valence-electron chi connectivity index (χ1n) is 8.58. The zero-order valence-corrected chi connectivity index (χ0v) is 17.0. The standard InChI is InChI=1S/C19H23BrNO3P/c1-3-23-25(22,24-4-2)19-16-10-6-5-9-15(16)13-14-21(19)18-12-8-7-11-17(18)20/h5-12,19H,3-4,13-14H2,1-2H3. The molecule has 1 heterocycles. The summed E-state index contributed by atoms with van der Waals surface area (Å²) >= 11 is 3.63. The minimum atomic E-state index is -3.36. The lowest BCUT2D eigenvalue weighted by Crippen LogP contribution is -2.36. The third kappa shape index (κ3) is 3.70. The smallest absolute Gasteiger partial charge is 0.353 e. The van der Waals surface area contributed by atoms with Crippen LogP contribution in [0.3, 0.4) is 0 Å². The van der Waals surface area contributed by atoms with Crippen molar-refractivity contribution in [1.29, 1.82) is 0 Å². The van der Waals surface area contributed by atoms with E-state index in [1.165, 1.54) is 5.56 Å². The number of para-hydroxylation sites is 1. The molecule has 0 radical (unpaired) electrons. The highest BCUT2D eigenvalue weighted by molar-refractivity contribution is 9.10. The van der Waals surface area contributed by atoms with Gasteiger partial charge in [0.05, 0.1) is 18.9 Å². The van der Waals surface area contributed by atoms with E-state index in [9.17, 15) is 4.57 Å². The first-order valence-corrected chi connectivity index (χ1v) is 11.0. The van der Waals surface area contributed by atoms with E-state index < -0.39 is 13.4 Å². The van der Waals surface area contributed by atoms with Gasteiger partial charge in [-0.1, -0.05) is 36.4 Å². The van der Waals surface area contributed by atoms with Crippen LogP contribution in [-0.2, 0) is 20.0 Å². The third-order valence-corrected chi connectivity index (χ3v) is 7.39. The number of fused-ring (bicyclic) bond motifs is 1. The molecule has 0 bridgehead atoms. The monoisotopic (exact) mass is 423 g/mol. The number of rotatable bonds is 6. The Morgan fingerprint density at radius 2 is 1.72 bits per heavy atom. The fourth-order valence-corrected chi connectivity index (χ4v) is 6.12. The van der Waals surface area contributed by atoms with Crippen LogP contribution < -0.4 is 4.90 Å². The lowest BCUT2D eigenvalue weighted by Gasteiger charge is -2.41. The highest BCUT2D eigenvalue weighted by Crippen LogP contribution is 2.64. The number of benzene rings is 2. The molecule has 0 spiro atoms. The number of hydrogen-bond donors (Lipinski definition) is 0. The number of anilines is 1. The van der Waals surface area contributed by atoms with Crippen LogP contribution >= 0.6 is 23.5 Å². The van der Waals surface area contributed by atoms with Gasteiger partial charge < -0.3 is 13.9 Å². The van der Waals surface area contributed by atoms with Crippen molar-refractivity contribution in [2.75, 3.05) is 24.7 Å². The second kappa shape index (κ2) is 8.05. The first kappa shape index (κ1) is 18.7. The largest absolute Gasteiger partial charge is 0.357 e. The summed E-state index contributed by atoms with van der Waals surface area (Å²) in [6, 6.07) is 16.1. The van der Waals surface area contributed by atoms with Crippen LogP contribution in [0.1, 0.15) is 30.8 Å². The zero-order valence-electron chi connectivity index (χ0n) is 14.5. The fourth-order valence-electron chi connectivity index (χ4n) is 3.36. The zero-order chi connectivity index (χ0) is 17.9. The highest BCUT2D eigenvalue weighted by atomic mass is 79.9. The Hall–Kier alpha value is -1.13. The van der Waals surface area contributed by atoms with Gasteiger partial charge in [0.15, 0.2) is 5.78 Å². The number of nitrogens with zero attached hydrogens (tertiary/aromatic N) is 1. The number of halogens is 1. The normalized spacial score (nSPS) is 17.4. The van der Waals surface area contributed by atoms with Crippen LogP contribution in [0.25, 0.3) is 0 Å². The van der Waals surface area contributed by atoms with E-state index in [0.29, 0.717) is 13.2 Å². The molecule has 25 heavy (non-hydrogen) atoms. The van der Waals surface area contributed by atoms with Crippen LogP contribution in [0.2, 0.25) is 0 Å². The van der Waals surface area contributed by atoms with Crippen molar-refractivity contribution in [1.82, 2.24) is 0 Å². The van der Waals surface area contributed by atoms with Crippen molar-refractivity contribution in [3.8, 4) is 0 Å². The van der Waals surface area contributed by atoms with E-state index in [1.807, 2.05) is 56.3 Å². The average molecular weight is 424 g/mol. The molecule has 0 saturated carbocycles. The summed E-state index contributed by atoms with van der Waals surface area (Å²) in [5.74, 6) is -0.448. The molecule has 0 N–H and O–H groups in total. The summed E-state index contributed by atoms with van der Waals surface area (Å²) in [6.45, 7) is 5.15. The van der Waals surface area contributed by atoms with Crippen LogP contribution in [0.4, 0.5) is 5.69 Å². The molecule has 1 aliphatic rings. The second-order valence-corrected chi connectivity index (χ2v) is 8.78. The third-order valence-electron chi connectivity index (χ3n) is 4.33. The Morgan fingerprint density at radius 1 is 1.08 bits per heavy atom. The molecular formula is C19H23BrNO3P. The summed E-state index contributed by atoms with van der Waals surface area (Å²) in [7, 11) is -3.36. The molecule has 2 aromatic rings. The van der Waals surface area contributed by atoms with Crippen LogP contribution in [-0.4, -0.2) is 19.8 Å². The molecule has 1 aliphatic heterocycles. The average Bonchev–Trinajstić information content (AvgIpc) is 2.61. The second-order valence-electron chi connectivity index (χ2n) is 5.84. The van der Waals surface area contributed by atoms with Crippen molar-refractivity contribution in [3.63, 3.8) is 0 Å². The molecule has 0 fully saturated rings. The molecule has 0 aliphatic carbocycles. The summed E-state index contributed by atoms with van der Waals surface area (Å²) in [4.78, 5) is 2.15. The van der Waals surface area contributed by atoms with Crippen molar-refractivity contribution in [2.45, 2.75) is 26.1 Å². The molecule has 1 unspecified atom stereocenters. The van der Waals surface area contributed by atoms with Crippen molar-refractivity contribution in [3.05, 3.63) is 64.1 Å². The molecule has 1 atom stereocenters. The van der Waals surface area contributed by atoms with Gasteiger partial charge in [0.25, 0.3) is 0 Å². The molecule has 6 heteroatoms. The van der Waals surface area contributed by atoms with E-state index in [1.54, 1.807) is 0 Å². The minimum Gasteiger partial charge on any atom is -0.353 e. The maximum atomic E-state index is 13.7. The summed E-state index contributed by atoms with van der Waals surface area (Å²) in [5, 5.41) is 0. The predicted molar refractivity (Wildman–Crippen MR) is 105 cm³/mol. The van der Waals surface area contributed by atoms with Crippen molar-refractivity contribution < 1.29 is 13.6 Å². The Bertz CT molecular complexity index is 773. The van der Waals surface area contributed by atoms with Gasteiger partial charge in [0.1, 0.15) is 0 Å².